The highest BCUT2D eigenvalue weighted by atomic mass is 127. The first-order valence-corrected chi connectivity index (χ1v) is 9.30. The van der Waals surface area contributed by atoms with E-state index in [9.17, 15) is 18.8 Å². The van der Waals surface area contributed by atoms with E-state index in [1.807, 2.05) is 41.6 Å². The molecule has 2 N–H and O–H groups in total. The van der Waals surface area contributed by atoms with Crippen molar-refractivity contribution in [2.45, 2.75) is 0 Å². The second-order valence-corrected chi connectivity index (χ2v) is 7.51. The summed E-state index contributed by atoms with van der Waals surface area (Å²) < 4.78 is 16.8. The molecule has 0 aliphatic heterocycles. The van der Waals surface area contributed by atoms with Crippen molar-refractivity contribution >= 4 is 40.0 Å². The lowest BCUT2D eigenvalue weighted by Gasteiger charge is -2.17. The van der Waals surface area contributed by atoms with Crippen LogP contribution in [0.15, 0.2) is 27.8 Å². The van der Waals surface area contributed by atoms with Crippen LogP contribution in [0, 0.1) is 9.39 Å². The van der Waals surface area contributed by atoms with Crippen molar-refractivity contribution in [1.82, 2.24) is 19.5 Å². The Bertz CT molecular complexity index is 1000. The summed E-state index contributed by atoms with van der Waals surface area (Å²) in [7, 11) is 6.30. The summed E-state index contributed by atoms with van der Waals surface area (Å²) >= 11 is 1.95. The SMILES string of the molecule is CN(C)CCONC(=O)c1c(Nc2ccc(I)cc2F)n(C)c(=O)n(C)c1=O. The van der Waals surface area contributed by atoms with Crippen molar-refractivity contribution in [3.63, 3.8) is 0 Å². The molecule has 9 nitrogen and oxygen atoms in total. The van der Waals surface area contributed by atoms with Gasteiger partial charge in [0, 0.05) is 24.2 Å². The molecule has 1 aromatic carbocycles. The third-order valence-electron chi connectivity index (χ3n) is 3.88. The Kier molecular flexibility index (Phi) is 7.32. The van der Waals surface area contributed by atoms with Gasteiger partial charge in [0.05, 0.1) is 12.3 Å². The molecular formula is C17H21FIN5O4. The van der Waals surface area contributed by atoms with Gasteiger partial charge in [-0.3, -0.25) is 23.6 Å². The van der Waals surface area contributed by atoms with Crippen molar-refractivity contribution in [2.75, 3.05) is 32.6 Å². The molecule has 2 aromatic rings. The first kappa shape index (κ1) is 22.0. The van der Waals surface area contributed by atoms with E-state index in [0.29, 0.717) is 10.1 Å². The van der Waals surface area contributed by atoms with Gasteiger partial charge in [-0.05, 0) is 54.9 Å². The van der Waals surface area contributed by atoms with E-state index in [0.717, 1.165) is 9.13 Å². The number of nitrogens with one attached hydrogen (secondary N) is 2. The molecule has 0 fully saturated rings. The maximum atomic E-state index is 14.2. The maximum Gasteiger partial charge on any atom is 0.332 e. The minimum Gasteiger partial charge on any atom is -0.338 e. The Hall–Kier alpha value is -2.25. The third kappa shape index (κ3) is 4.97. The van der Waals surface area contributed by atoms with E-state index < -0.39 is 23.0 Å². The van der Waals surface area contributed by atoms with E-state index >= 15 is 0 Å². The number of halogens is 2. The summed E-state index contributed by atoms with van der Waals surface area (Å²) in [6, 6.07) is 4.38. The predicted molar refractivity (Wildman–Crippen MR) is 111 cm³/mol. The minimum absolute atomic E-state index is 0.0197. The van der Waals surface area contributed by atoms with Crippen LogP contribution < -0.4 is 22.0 Å². The van der Waals surface area contributed by atoms with Crippen LogP contribution in [-0.4, -0.2) is 47.2 Å². The van der Waals surface area contributed by atoms with Crippen LogP contribution in [0.3, 0.4) is 0 Å². The van der Waals surface area contributed by atoms with E-state index in [1.165, 1.54) is 26.2 Å². The van der Waals surface area contributed by atoms with E-state index in [-0.39, 0.29) is 23.7 Å². The van der Waals surface area contributed by atoms with Crippen molar-refractivity contribution in [3.8, 4) is 0 Å². The lowest BCUT2D eigenvalue weighted by atomic mass is 10.2. The fraction of sp³-hybridized carbons (Fsp3) is 0.353. The first-order valence-electron chi connectivity index (χ1n) is 8.22. The Morgan fingerprint density at radius 3 is 2.54 bits per heavy atom. The highest BCUT2D eigenvalue weighted by Gasteiger charge is 2.23. The largest absolute Gasteiger partial charge is 0.338 e. The highest BCUT2D eigenvalue weighted by molar-refractivity contribution is 14.1. The lowest BCUT2D eigenvalue weighted by Crippen LogP contribution is -2.43. The number of aromatic nitrogens is 2. The topological polar surface area (TPSA) is 97.6 Å². The van der Waals surface area contributed by atoms with Gasteiger partial charge >= 0.3 is 5.69 Å². The zero-order valence-corrected chi connectivity index (χ0v) is 18.0. The number of hydroxylamine groups is 1. The maximum absolute atomic E-state index is 14.2. The van der Waals surface area contributed by atoms with Crippen LogP contribution in [0.5, 0.6) is 0 Å². The van der Waals surface area contributed by atoms with Crippen molar-refractivity contribution in [3.05, 3.63) is 54.0 Å². The molecule has 0 unspecified atom stereocenters. The van der Waals surface area contributed by atoms with Crippen LogP contribution in [0.1, 0.15) is 10.4 Å². The normalized spacial score (nSPS) is 11.0. The van der Waals surface area contributed by atoms with Gasteiger partial charge in [0.25, 0.3) is 11.5 Å². The number of amides is 1. The standard InChI is InChI=1S/C17H21FIN5O4/c1-22(2)7-8-28-21-15(25)13-14(23(3)17(27)24(4)16(13)26)20-12-6-5-10(19)9-11(12)18/h5-6,9,20H,7-8H2,1-4H3,(H,21,25). The molecule has 11 heteroatoms. The molecule has 0 saturated heterocycles. The fourth-order valence-electron chi connectivity index (χ4n) is 2.31. The highest BCUT2D eigenvalue weighted by Crippen LogP contribution is 2.22. The summed E-state index contributed by atoms with van der Waals surface area (Å²) in [5.41, 5.74) is 0.349. The number of nitrogens with zero attached hydrogens (tertiary/aromatic N) is 3. The molecule has 0 bridgehead atoms. The zero-order valence-electron chi connectivity index (χ0n) is 15.9. The molecular weight excluding hydrogens is 484 g/mol. The second-order valence-electron chi connectivity index (χ2n) is 6.26. The van der Waals surface area contributed by atoms with Crippen LogP contribution in [0.25, 0.3) is 0 Å². The average Bonchev–Trinajstić information content (AvgIpc) is 2.63. The van der Waals surface area contributed by atoms with Crippen molar-refractivity contribution < 1.29 is 14.0 Å². The monoisotopic (exact) mass is 505 g/mol. The van der Waals surface area contributed by atoms with E-state index in [2.05, 4.69) is 10.8 Å². The molecule has 0 radical (unpaired) electrons. The molecule has 0 aliphatic carbocycles. The number of carbonyl (C=O) groups excluding carboxylic acids is 1. The third-order valence-corrected chi connectivity index (χ3v) is 4.55. The van der Waals surface area contributed by atoms with Gasteiger partial charge in [0.2, 0.25) is 0 Å². The Morgan fingerprint density at radius 2 is 1.93 bits per heavy atom. The molecule has 0 atom stereocenters. The average molecular weight is 505 g/mol. The predicted octanol–water partition coefficient (Wildman–Crippen LogP) is 0.794. The second kappa shape index (κ2) is 9.30. The number of benzene rings is 1. The molecule has 2 rings (SSSR count). The van der Waals surface area contributed by atoms with Gasteiger partial charge in [0.1, 0.15) is 17.2 Å². The summed E-state index contributed by atoms with van der Waals surface area (Å²) in [6.45, 7) is 0.740. The van der Waals surface area contributed by atoms with E-state index in [4.69, 9.17) is 4.84 Å². The van der Waals surface area contributed by atoms with Gasteiger partial charge in [-0.15, -0.1) is 0 Å². The van der Waals surface area contributed by atoms with E-state index in [1.54, 1.807) is 6.07 Å². The van der Waals surface area contributed by atoms with Crippen LogP contribution in [-0.2, 0) is 18.9 Å². The van der Waals surface area contributed by atoms with Crippen LogP contribution >= 0.6 is 22.6 Å². The van der Waals surface area contributed by atoms with Crippen molar-refractivity contribution in [2.24, 2.45) is 14.1 Å². The first-order chi connectivity index (χ1) is 13.1. The molecule has 28 heavy (non-hydrogen) atoms. The lowest BCUT2D eigenvalue weighted by molar-refractivity contribution is 0.0261. The molecule has 1 heterocycles. The molecule has 0 aliphatic rings. The number of likely N-dealkylation sites (N-methyl/N-ethyl adjacent to an activating group) is 1. The van der Waals surface area contributed by atoms with Gasteiger partial charge in [-0.1, -0.05) is 0 Å². The van der Waals surface area contributed by atoms with Gasteiger partial charge in [-0.25, -0.2) is 14.7 Å². The summed E-state index contributed by atoms with van der Waals surface area (Å²) in [6.07, 6.45) is 0. The quantitative estimate of drug-likeness (QED) is 0.328. The van der Waals surface area contributed by atoms with Gasteiger partial charge < -0.3 is 10.2 Å². The summed E-state index contributed by atoms with van der Waals surface area (Å²) in [5, 5.41) is 2.68. The number of anilines is 2. The van der Waals surface area contributed by atoms with Gasteiger partial charge in [0.15, 0.2) is 0 Å². The van der Waals surface area contributed by atoms with Crippen molar-refractivity contribution in [1.29, 1.82) is 0 Å². The molecule has 0 spiro atoms. The fourth-order valence-corrected chi connectivity index (χ4v) is 2.76. The smallest absolute Gasteiger partial charge is 0.332 e. The minimum atomic E-state index is -0.844. The summed E-state index contributed by atoms with van der Waals surface area (Å²) in [4.78, 5) is 44.3. The van der Waals surface area contributed by atoms with Crippen LogP contribution in [0.2, 0.25) is 0 Å². The van der Waals surface area contributed by atoms with Gasteiger partial charge in [-0.2, -0.15) is 0 Å². The molecule has 1 aromatic heterocycles. The zero-order chi connectivity index (χ0) is 21.0. The number of carbonyl (C=O) groups is 1. The Morgan fingerprint density at radius 1 is 1.25 bits per heavy atom. The molecule has 152 valence electrons. The molecule has 0 saturated carbocycles. The van der Waals surface area contributed by atoms with Crippen LogP contribution in [0.4, 0.5) is 15.9 Å². The number of hydrogen-bond acceptors (Lipinski definition) is 6. The molecule has 1 amide bonds. The Labute approximate surface area is 174 Å². The number of hydrogen-bond donors (Lipinski definition) is 2. The Balaban J connectivity index is 2.44. The summed E-state index contributed by atoms with van der Waals surface area (Å²) in [5.74, 6) is -1.57. The number of rotatable bonds is 7.